The molecular formula is C17H20N4O6S. The molecule has 0 unspecified atom stereocenters. The molecule has 150 valence electrons. The molecular weight excluding hydrogens is 388 g/mol. The van der Waals surface area contributed by atoms with Crippen LogP contribution in [-0.4, -0.2) is 42.4 Å². The van der Waals surface area contributed by atoms with Crippen LogP contribution < -0.4 is 14.9 Å². The number of methoxy groups -OCH3 is 1. The second-order valence-electron chi connectivity index (χ2n) is 5.26. The third-order valence-electron chi connectivity index (χ3n) is 3.32. The minimum absolute atomic E-state index is 0.0706. The molecule has 0 aliphatic rings. The number of nitro benzene ring substituents is 1. The van der Waals surface area contributed by atoms with Crippen LogP contribution in [0.4, 0.5) is 10.8 Å². The maximum absolute atomic E-state index is 11.4. The van der Waals surface area contributed by atoms with E-state index in [1.165, 1.54) is 30.7 Å². The van der Waals surface area contributed by atoms with Crippen LogP contribution in [-0.2, 0) is 16.0 Å². The molecule has 2 aromatic rings. The van der Waals surface area contributed by atoms with Crippen LogP contribution in [0.15, 0.2) is 22.6 Å². The van der Waals surface area contributed by atoms with Crippen molar-refractivity contribution < 1.29 is 23.9 Å². The lowest BCUT2D eigenvalue weighted by molar-refractivity contribution is -0.385. The van der Waals surface area contributed by atoms with Gasteiger partial charge in [0.15, 0.2) is 5.75 Å². The molecule has 0 aliphatic heterocycles. The van der Waals surface area contributed by atoms with Crippen molar-refractivity contribution in [3.05, 3.63) is 38.9 Å². The topological polar surface area (TPSA) is 125 Å². The Morgan fingerprint density at radius 3 is 2.75 bits per heavy atom. The Morgan fingerprint density at radius 2 is 2.11 bits per heavy atom. The summed E-state index contributed by atoms with van der Waals surface area (Å²) in [4.78, 5) is 26.3. The molecule has 2 rings (SSSR count). The molecule has 0 spiro atoms. The first-order valence-corrected chi connectivity index (χ1v) is 9.24. The molecule has 1 aromatic heterocycles. The third-order valence-corrected chi connectivity index (χ3v) is 4.12. The first kappa shape index (κ1) is 21.1. The number of aromatic nitrogens is 1. The van der Waals surface area contributed by atoms with Gasteiger partial charge >= 0.3 is 11.7 Å². The Balaban J connectivity index is 2.18. The van der Waals surface area contributed by atoms with Gasteiger partial charge in [-0.15, -0.1) is 11.3 Å². The summed E-state index contributed by atoms with van der Waals surface area (Å²) < 4.78 is 15.4. The minimum atomic E-state index is -0.530. The number of carbonyl (C=O) groups excluding carboxylic acids is 1. The third kappa shape index (κ3) is 5.64. The normalized spacial score (nSPS) is 10.7. The number of hydrogen-bond acceptors (Lipinski definition) is 10. The fourth-order valence-corrected chi connectivity index (χ4v) is 2.85. The van der Waals surface area contributed by atoms with E-state index in [0.29, 0.717) is 23.0 Å². The number of hydrazone groups is 1. The van der Waals surface area contributed by atoms with Gasteiger partial charge in [0, 0.05) is 17.0 Å². The molecule has 0 atom stereocenters. The van der Waals surface area contributed by atoms with Crippen LogP contribution in [0.3, 0.4) is 0 Å². The van der Waals surface area contributed by atoms with Crippen LogP contribution in [0, 0.1) is 10.1 Å². The number of anilines is 1. The Bertz CT molecular complexity index is 867. The highest BCUT2D eigenvalue weighted by Gasteiger charge is 2.22. The van der Waals surface area contributed by atoms with Crippen LogP contribution in [0.1, 0.15) is 25.1 Å². The monoisotopic (exact) mass is 408 g/mol. The summed E-state index contributed by atoms with van der Waals surface area (Å²) >= 11 is 1.27. The van der Waals surface area contributed by atoms with Crippen molar-refractivity contribution in [1.82, 2.24) is 4.98 Å². The number of rotatable bonds is 10. The molecule has 0 radical (unpaired) electrons. The fourth-order valence-electron chi connectivity index (χ4n) is 2.19. The van der Waals surface area contributed by atoms with E-state index in [1.54, 1.807) is 25.3 Å². The number of nitrogens with zero attached hydrogens (tertiary/aromatic N) is 3. The second-order valence-corrected chi connectivity index (χ2v) is 6.12. The minimum Gasteiger partial charge on any atom is -0.490 e. The summed E-state index contributed by atoms with van der Waals surface area (Å²) in [6.45, 7) is 4.12. The van der Waals surface area contributed by atoms with E-state index >= 15 is 0 Å². The van der Waals surface area contributed by atoms with E-state index in [2.05, 4.69) is 20.2 Å². The number of ether oxygens (including phenoxy) is 3. The van der Waals surface area contributed by atoms with Crippen LogP contribution in [0.5, 0.6) is 11.5 Å². The Labute approximate surface area is 165 Å². The van der Waals surface area contributed by atoms with Gasteiger partial charge in [0.2, 0.25) is 10.9 Å². The maximum Gasteiger partial charge on any atom is 0.315 e. The van der Waals surface area contributed by atoms with Gasteiger partial charge in [-0.3, -0.25) is 20.3 Å². The van der Waals surface area contributed by atoms with Gasteiger partial charge in [0.05, 0.1) is 43.6 Å². The largest absolute Gasteiger partial charge is 0.490 e. The molecule has 0 saturated heterocycles. The smallest absolute Gasteiger partial charge is 0.315 e. The first-order chi connectivity index (χ1) is 13.5. The van der Waals surface area contributed by atoms with Crippen molar-refractivity contribution in [3.8, 4) is 11.5 Å². The molecule has 11 heteroatoms. The van der Waals surface area contributed by atoms with Crippen molar-refractivity contribution in [2.24, 2.45) is 5.10 Å². The molecule has 0 saturated carbocycles. The number of nitro groups is 1. The lowest BCUT2D eigenvalue weighted by atomic mass is 10.2. The average molecular weight is 408 g/mol. The highest BCUT2D eigenvalue weighted by atomic mass is 32.1. The molecule has 0 aliphatic carbocycles. The van der Waals surface area contributed by atoms with Crippen molar-refractivity contribution >= 4 is 34.3 Å². The standard InChI is InChI=1S/C17H20N4O6S/c1-4-26-14-7-11(6-13(21(23)24)16(14)27-5-2)9-18-20-17-19-12(10-28-17)8-15(22)25-3/h6-7,9-10H,4-5,8H2,1-3H3,(H,19,20)/b18-9-. The van der Waals surface area contributed by atoms with Gasteiger partial charge in [0.25, 0.3) is 0 Å². The van der Waals surface area contributed by atoms with E-state index in [9.17, 15) is 14.9 Å². The second kappa shape index (κ2) is 10.2. The number of carbonyl (C=O) groups is 1. The summed E-state index contributed by atoms with van der Waals surface area (Å²) in [5, 5.41) is 17.6. The predicted molar refractivity (Wildman–Crippen MR) is 104 cm³/mol. The number of nitrogens with one attached hydrogen (secondary N) is 1. The molecule has 0 amide bonds. The Hall–Kier alpha value is -3.21. The molecule has 0 fully saturated rings. The fraction of sp³-hybridized carbons (Fsp3) is 0.353. The summed E-state index contributed by atoms with van der Waals surface area (Å²) in [7, 11) is 1.31. The number of hydrogen-bond donors (Lipinski definition) is 1. The van der Waals surface area contributed by atoms with E-state index < -0.39 is 4.92 Å². The average Bonchev–Trinajstić information content (AvgIpc) is 3.10. The number of esters is 1. The molecule has 1 N–H and O–H groups in total. The summed E-state index contributed by atoms with van der Waals surface area (Å²) in [5.74, 6) is -0.0213. The highest BCUT2D eigenvalue weighted by Crippen LogP contribution is 2.38. The predicted octanol–water partition coefficient (Wildman–Crippen LogP) is 3.01. The van der Waals surface area contributed by atoms with Crippen molar-refractivity contribution in [3.63, 3.8) is 0 Å². The lowest BCUT2D eigenvalue weighted by Gasteiger charge is -2.11. The van der Waals surface area contributed by atoms with Gasteiger partial charge in [-0.1, -0.05) is 0 Å². The van der Waals surface area contributed by atoms with Gasteiger partial charge in [-0.2, -0.15) is 5.10 Å². The van der Waals surface area contributed by atoms with Crippen molar-refractivity contribution in [2.75, 3.05) is 25.7 Å². The van der Waals surface area contributed by atoms with E-state index in [1.807, 2.05) is 0 Å². The van der Waals surface area contributed by atoms with Crippen LogP contribution >= 0.6 is 11.3 Å². The first-order valence-electron chi connectivity index (χ1n) is 8.36. The highest BCUT2D eigenvalue weighted by molar-refractivity contribution is 7.13. The van der Waals surface area contributed by atoms with Crippen LogP contribution in [0.2, 0.25) is 0 Å². The quantitative estimate of drug-likeness (QED) is 0.275. The zero-order valence-electron chi connectivity index (χ0n) is 15.6. The molecule has 0 bridgehead atoms. The lowest BCUT2D eigenvalue weighted by Crippen LogP contribution is -2.04. The number of thiazole rings is 1. The number of benzene rings is 1. The Kier molecular flexibility index (Phi) is 7.69. The van der Waals surface area contributed by atoms with Crippen molar-refractivity contribution in [2.45, 2.75) is 20.3 Å². The van der Waals surface area contributed by atoms with E-state index in [0.717, 1.165) is 0 Å². The zero-order chi connectivity index (χ0) is 20.5. The summed E-state index contributed by atoms with van der Waals surface area (Å²) in [6, 6.07) is 2.96. The van der Waals surface area contributed by atoms with Crippen molar-refractivity contribution in [1.29, 1.82) is 0 Å². The SMILES string of the molecule is CCOc1cc(/C=N\Nc2nc(CC(=O)OC)cs2)cc([N+](=O)[O-])c1OCC. The molecule has 28 heavy (non-hydrogen) atoms. The van der Waals surface area contributed by atoms with E-state index in [-0.39, 0.29) is 36.2 Å². The van der Waals surface area contributed by atoms with Crippen LogP contribution in [0.25, 0.3) is 0 Å². The summed E-state index contributed by atoms with van der Waals surface area (Å²) in [5.41, 5.74) is 3.54. The summed E-state index contributed by atoms with van der Waals surface area (Å²) in [6.07, 6.45) is 1.48. The molecule has 10 nitrogen and oxygen atoms in total. The Morgan fingerprint density at radius 1 is 1.36 bits per heavy atom. The molecule has 1 aromatic carbocycles. The van der Waals surface area contributed by atoms with E-state index in [4.69, 9.17) is 9.47 Å². The van der Waals surface area contributed by atoms with Gasteiger partial charge < -0.3 is 14.2 Å². The molecule has 1 heterocycles. The van der Waals surface area contributed by atoms with Gasteiger partial charge in [-0.05, 0) is 19.9 Å². The maximum atomic E-state index is 11.4. The zero-order valence-corrected chi connectivity index (χ0v) is 16.4. The van der Waals surface area contributed by atoms with Gasteiger partial charge in [-0.25, -0.2) is 4.98 Å². The van der Waals surface area contributed by atoms with Gasteiger partial charge in [0.1, 0.15) is 0 Å².